The van der Waals surface area contributed by atoms with Gasteiger partial charge in [0, 0.05) is 6.42 Å². The lowest BCUT2D eigenvalue weighted by atomic mass is 9.91. The predicted octanol–water partition coefficient (Wildman–Crippen LogP) is 2.88. The van der Waals surface area contributed by atoms with E-state index in [-0.39, 0.29) is 17.4 Å². The van der Waals surface area contributed by atoms with Crippen LogP contribution in [0, 0.1) is 5.41 Å². The van der Waals surface area contributed by atoms with Crippen LogP contribution >= 0.6 is 0 Å². The summed E-state index contributed by atoms with van der Waals surface area (Å²) in [7, 11) is 0. The van der Waals surface area contributed by atoms with Crippen LogP contribution in [0.5, 0.6) is 0 Å². The monoisotopic (exact) mass is 286 g/mol. The van der Waals surface area contributed by atoms with Crippen molar-refractivity contribution in [1.82, 2.24) is 20.1 Å². The van der Waals surface area contributed by atoms with Crippen molar-refractivity contribution in [2.75, 3.05) is 0 Å². The first-order chi connectivity index (χ1) is 9.85. The van der Waals surface area contributed by atoms with Crippen LogP contribution in [-0.2, 0) is 4.79 Å². The zero-order valence-corrected chi connectivity index (χ0v) is 13.0. The Morgan fingerprint density at radius 2 is 1.95 bits per heavy atom. The van der Waals surface area contributed by atoms with Crippen molar-refractivity contribution in [3.8, 4) is 5.69 Å². The molecule has 0 aliphatic heterocycles. The van der Waals surface area contributed by atoms with Crippen molar-refractivity contribution in [2.24, 2.45) is 5.41 Å². The molecule has 0 fully saturated rings. The third-order valence-corrected chi connectivity index (χ3v) is 3.14. The molecule has 1 N–H and O–H groups in total. The standard InChI is InChI=1S/C16H22N4O/c1-12(19-15(21)9-16(2,3)4)13-5-7-14(8-6-13)20-11-17-10-18-20/h5-8,10-12H,9H2,1-4H3,(H,19,21)/t12-/m0/s1. The van der Waals surface area contributed by atoms with E-state index in [9.17, 15) is 4.79 Å². The largest absolute Gasteiger partial charge is 0.350 e. The molecule has 0 spiro atoms. The van der Waals surface area contributed by atoms with Gasteiger partial charge in [-0.25, -0.2) is 9.67 Å². The highest BCUT2D eigenvalue weighted by atomic mass is 16.1. The summed E-state index contributed by atoms with van der Waals surface area (Å²) >= 11 is 0. The molecule has 0 aliphatic carbocycles. The van der Waals surface area contributed by atoms with Crippen molar-refractivity contribution >= 4 is 5.91 Å². The molecule has 1 atom stereocenters. The van der Waals surface area contributed by atoms with E-state index in [1.165, 1.54) is 6.33 Å². The second-order valence-corrected chi connectivity index (χ2v) is 6.46. The maximum atomic E-state index is 12.0. The first-order valence-corrected chi connectivity index (χ1v) is 7.09. The SMILES string of the molecule is C[C@H](NC(=O)CC(C)(C)C)c1ccc(-n2cncn2)cc1. The molecule has 1 heterocycles. The minimum Gasteiger partial charge on any atom is -0.350 e. The van der Waals surface area contributed by atoms with E-state index in [0.717, 1.165) is 11.3 Å². The molecule has 0 unspecified atom stereocenters. The molecule has 1 amide bonds. The minimum atomic E-state index is -0.00959. The van der Waals surface area contributed by atoms with Gasteiger partial charge < -0.3 is 5.32 Å². The number of aromatic nitrogens is 3. The van der Waals surface area contributed by atoms with Crippen molar-refractivity contribution in [2.45, 2.75) is 40.2 Å². The summed E-state index contributed by atoms with van der Waals surface area (Å²) in [5.41, 5.74) is 2.02. The Balaban J connectivity index is 2.00. The maximum absolute atomic E-state index is 12.0. The normalized spacial score (nSPS) is 13.0. The summed E-state index contributed by atoms with van der Waals surface area (Å²) < 4.78 is 1.70. The number of benzene rings is 1. The van der Waals surface area contributed by atoms with Gasteiger partial charge in [-0.3, -0.25) is 4.79 Å². The summed E-state index contributed by atoms with van der Waals surface area (Å²) in [5, 5.41) is 7.12. The van der Waals surface area contributed by atoms with E-state index < -0.39 is 0 Å². The van der Waals surface area contributed by atoms with Crippen LogP contribution < -0.4 is 5.32 Å². The van der Waals surface area contributed by atoms with Gasteiger partial charge in [0.05, 0.1) is 11.7 Å². The number of carbonyl (C=O) groups excluding carboxylic acids is 1. The molecule has 1 aromatic heterocycles. The molecule has 0 saturated heterocycles. The molecule has 21 heavy (non-hydrogen) atoms. The average molecular weight is 286 g/mol. The minimum absolute atomic E-state index is 0.000747. The number of carbonyl (C=O) groups is 1. The number of hydrogen-bond donors (Lipinski definition) is 1. The molecule has 0 aliphatic rings. The summed E-state index contributed by atoms with van der Waals surface area (Å²) in [6, 6.07) is 7.93. The Labute approximate surface area is 125 Å². The van der Waals surface area contributed by atoms with Gasteiger partial charge in [0.25, 0.3) is 0 Å². The van der Waals surface area contributed by atoms with Gasteiger partial charge >= 0.3 is 0 Å². The molecule has 0 radical (unpaired) electrons. The van der Waals surface area contributed by atoms with Gasteiger partial charge in [-0.05, 0) is 30.0 Å². The fourth-order valence-corrected chi connectivity index (χ4v) is 2.11. The van der Waals surface area contributed by atoms with Gasteiger partial charge in [-0.1, -0.05) is 32.9 Å². The molecule has 2 rings (SSSR count). The number of hydrogen-bond acceptors (Lipinski definition) is 3. The molecular weight excluding hydrogens is 264 g/mol. The van der Waals surface area contributed by atoms with Crippen LogP contribution in [0.15, 0.2) is 36.9 Å². The zero-order chi connectivity index (χ0) is 15.5. The van der Waals surface area contributed by atoms with Gasteiger partial charge in [-0.15, -0.1) is 0 Å². The molecule has 2 aromatic rings. The van der Waals surface area contributed by atoms with Crippen LogP contribution in [-0.4, -0.2) is 20.7 Å². The highest BCUT2D eigenvalue weighted by Gasteiger charge is 2.17. The van der Waals surface area contributed by atoms with Crippen molar-refractivity contribution in [3.63, 3.8) is 0 Å². The molecule has 1 aromatic carbocycles. The molecular formula is C16H22N4O. The van der Waals surface area contributed by atoms with E-state index in [0.29, 0.717) is 6.42 Å². The fourth-order valence-electron chi connectivity index (χ4n) is 2.11. The predicted molar refractivity (Wildman–Crippen MR) is 82.0 cm³/mol. The second kappa shape index (κ2) is 6.08. The lowest BCUT2D eigenvalue weighted by Gasteiger charge is -2.20. The second-order valence-electron chi connectivity index (χ2n) is 6.46. The molecule has 112 valence electrons. The van der Waals surface area contributed by atoms with Crippen molar-refractivity contribution < 1.29 is 4.79 Å². The lowest BCUT2D eigenvalue weighted by Crippen LogP contribution is -2.29. The van der Waals surface area contributed by atoms with Crippen molar-refractivity contribution in [3.05, 3.63) is 42.5 Å². The van der Waals surface area contributed by atoms with Gasteiger partial charge in [0.1, 0.15) is 12.7 Å². The third-order valence-electron chi connectivity index (χ3n) is 3.14. The number of amides is 1. The summed E-state index contributed by atoms with van der Waals surface area (Å²) in [5.74, 6) is 0.0790. The number of rotatable bonds is 4. The molecule has 5 heteroatoms. The van der Waals surface area contributed by atoms with Gasteiger partial charge in [-0.2, -0.15) is 5.10 Å². The van der Waals surface area contributed by atoms with E-state index in [2.05, 4.69) is 36.2 Å². The Bertz CT molecular complexity index is 582. The van der Waals surface area contributed by atoms with Gasteiger partial charge in [0.2, 0.25) is 5.91 Å². The molecule has 0 saturated carbocycles. The first kappa shape index (κ1) is 15.2. The Morgan fingerprint density at radius 3 is 2.48 bits per heavy atom. The average Bonchev–Trinajstić information content (AvgIpc) is 2.90. The smallest absolute Gasteiger partial charge is 0.220 e. The van der Waals surface area contributed by atoms with E-state index in [1.807, 2.05) is 31.2 Å². The topological polar surface area (TPSA) is 59.8 Å². The Kier molecular flexibility index (Phi) is 4.40. The zero-order valence-electron chi connectivity index (χ0n) is 13.0. The highest BCUT2D eigenvalue weighted by Crippen LogP contribution is 2.20. The maximum Gasteiger partial charge on any atom is 0.220 e. The fraction of sp³-hybridized carbons (Fsp3) is 0.438. The summed E-state index contributed by atoms with van der Waals surface area (Å²) in [6.07, 6.45) is 3.68. The van der Waals surface area contributed by atoms with Crippen LogP contribution in [0.1, 0.15) is 45.7 Å². The van der Waals surface area contributed by atoms with E-state index in [4.69, 9.17) is 0 Å². The van der Waals surface area contributed by atoms with Crippen molar-refractivity contribution in [1.29, 1.82) is 0 Å². The van der Waals surface area contributed by atoms with E-state index >= 15 is 0 Å². The quantitative estimate of drug-likeness (QED) is 0.940. The third kappa shape index (κ3) is 4.41. The van der Waals surface area contributed by atoms with E-state index in [1.54, 1.807) is 11.0 Å². The van der Waals surface area contributed by atoms with Crippen LogP contribution in [0.25, 0.3) is 5.69 Å². The van der Waals surface area contributed by atoms with Crippen LogP contribution in [0.3, 0.4) is 0 Å². The lowest BCUT2D eigenvalue weighted by molar-refractivity contribution is -0.123. The van der Waals surface area contributed by atoms with Crippen LogP contribution in [0.4, 0.5) is 0 Å². The number of nitrogens with one attached hydrogen (secondary N) is 1. The van der Waals surface area contributed by atoms with Gasteiger partial charge in [0.15, 0.2) is 0 Å². The summed E-state index contributed by atoms with van der Waals surface area (Å²) in [4.78, 5) is 15.9. The van der Waals surface area contributed by atoms with Crippen LogP contribution in [0.2, 0.25) is 0 Å². The Morgan fingerprint density at radius 1 is 1.29 bits per heavy atom. The Hall–Kier alpha value is -2.17. The number of nitrogens with zero attached hydrogens (tertiary/aromatic N) is 3. The summed E-state index contributed by atoms with van der Waals surface area (Å²) in [6.45, 7) is 8.17. The first-order valence-electron chi connectivity index (χ1n) is 7.09. The highest BCUT2D eigenvalue weighted by molar-refractivity contribution is 5.77. The molecule has 5 nitrogen and oxygen atoms in total. The molecule has 0 bridgehead atoms.